The number of hydrogen-bond donors (Lipinski definition) is 0. The van der Waals surface area contributed by atoms with Crippen molar-refractivity contribution in [2.75, 3.05) is 0 Å². The Hall–Kier alpha value is -0.520. The predicted octanol–water partition coefficient (Wildman–Crippen LogP) is 6.29. The Balaban J connectivity index is 1.93. The van der Waals surface area contributed by atoms with Crippen molar-refractivity contribution in [3.63, 3.8) is 0 Å². The van der Waals surface area contributed by atoms with E-state index in [0.717, 1.165) is 11.8 Å². The monoisotopic (exact) mass is 272 g/mol. The molecular weight excluding hydrogens is 240 g/mol. The van der Waals surface area contributed by atoms with Crippen molar-refractivity contribution in [1.82, 2.24) is 0 Å². The van der Waals surface area contributed by atoms with E-state index in [2.05, 4.69) is 40.7 Å². The Bertz CT molecular complexity index is 460. The van der Waals surface area contributed by atoms with Crippen LogP contribution in [0.15, 0.2) is 22.8 Å². The minimum absolute atomic E-state index is 0.508. The SMILES string of the molecule is CC(C)C1=CCC2=C(CC[C@H]3C(C)(C)CCC[C@]23C)C1. The minimum Gasteiger partial charge on any atom is -0.0807 e. The van der Waals surface area contributed by atoms with Gasteiger partial charge >= 0.3 is 0 Å². The summed E-state index contributed by atoms with van der Waals surface area (Å²) in [5.74, 6) is 1.65. The highest BCUT2D eigenvalue weighted by Gasteiger charge is 2.50. The minimum atomic E-state index is 0.508. The molecule has 0 heteroatoms. The van der Waals surface area contributed by atoms with E-state index in [4.69, 9.17) is 0 Å². The van der Waals surface area contributed by atoms with Crippen LogP contribution in [-0.2, 0) is 0 Å². The molecule has 0 aromatic heterocycles. The third-order valence-corrected chi connectivity index (χ3v) is 6.81. The highest BCUT2D eigenvalue weighted by molar-refractivity contribution is 5.37. The maximum Gasteiger partial charge on any atom is -0.00770 e. The molecule has 3 aliphatic rings. The summed E-state index contributed by atoms with van der Waals surface area (Å²) in [5.41, 5.74) is 6.43. The molecule has 20 heavy (non-hydrogen) atoms. The highest BCUT2D eigenvalue weighted by atomic mass is 14.5. The lowest BCUT2D eigenvalue weighted by molar-refractivity contribution is 0.0106. The summed E-state index contributed by atoms with van der Waals surface area (Å²) < 4.78 is 0. The van der Waals surface area contributed by atoms with Gasteiger partial charge in [-0.3, -0.25) is 0 Å². The summed E-state index contributed by atoms with van der Waals surface area (Å²) in [7, 11) is 0. The van der Waals surface area contributed by atoms with Gasteiger partial charge in [0, 0.05) is 0 Å². The van der Waals surface area contributed by atoms with Gasteiger partial charge in [0.25, 0.3) is 0 Å². The molecule has 0 N–H and O–H groups in total. The van der Waals surface area contributed by atoms with Crippen LogP contribution < -0.4 is 0 Å². The fraction of sp³-hybridized carbons (Fsp3) is 0.800. The molecule has 0 aromatic rings. The maximum atomic E-state index is 2.60. The molecule has 3 aliphatic carbocycles. The summed E-state index contributed by atoms with van der Waals surface area (Å²) in [5, 5.41) is 0. The number of fused-ring (bicyclic) bond motifs is 2. The van der Waals surface area contributed by atoms with Crippen LogP contribution in [0.5, 0.6) is 0 Å². The molecular formula is C20H32. The first-order chi connectivity index (χ1) is 9.34. The molecule has 0 bridgehead atoms. The highest BCUT2D eigenvalue weighted by Crippen LogP contribution is 2.61. The lowest BCUT2D eigenvalue weighted by Crippen LogP contribution is -2.46. The molecule has 0 saturated heterocycles. The standard InChI is InChI=1S/C20H32/c1-14(2)15-7-9-17-16(13-15)8-10-18-19(3,4)11-6-12-20(17,18)5/h7,14,18H,6,8-13H2,1-5H3/t18-,20+/m0/s1. The van der Waals surface area contributed by atoms with Crippen LogP contribution in [-0.4, -0.2) is 0 Å². The van der Waals surface area contributed by atoms with Crippen LogP contribution in [0.25, 0.3) is 0 Å². The summed E-state index contributed by atoms with van der Waals surface area (Å²) in [4.78, 5) is 0. The number of hydrogen-bond acceptors (Lipinski definition) is 0. The predicted molar refractivity (Wildman–Crippen MR) is 87.6 cm³/mol. The summed E-state index contributed by atoms with van der Waals surface area (Å²) >= 11 is 0. The van der Waals surface area contributed by atoms with E-state index in [1.807, 2.05) is 11.1 Å². The molecule has 0 nitrogen and oxygen atoms in total. The second-order valence-corrected chi connectivity index (χ2v) is 8.75. The van der Waals surface area contributed by atoms with Crippen LogP contribution in [0.3, 0.4) is 0 Å². The van der Waals surface area contributed by atoms with Crippen LogP contribution in [0.2, 0.25) is 0 Å². The molecule has 1 saturated carbocycles. The van der Waals surface area contributed by atoms with Gasteiger partial charge < -0.3 is 0 Å². The van der Waals surface area contributed by atoms with Crippen LogP contribution in [0.1, 0.15) is 79.6 Å². The Morgan fingerprint density at radius 1 is 1.15 bits per heavy atom. The lowest BCUT2D eigenvalue weighted by atomic mass is 9.49. The first kappa shape index (κ1) is 14.4. The lowest BCUT2D eigenvalue weighted by Gasteiger charge is -2.56. The first-order valence-corrected chi connectivity index (χ1v) is 8.75. The Kier molecular flexibility index (Phi) is 3.42. The van der Waals surface area contributed by atoms with Crippen molar-refractivity contribution >= 4 is 0 Å². The average Bonchev–Trinajstić information content (AvgIpc) is 2.37. The maximum absolute atomic E-state index is 2.60. The van der Waals surface area contributed by atoms with Gasteiger partial charge in [-0.2, -0.15) is 0 Å². The van der Waals surface area contributed by atoms with Crippen molar-refractivity contribution in [3.05, 3.63) is 22.8 Å². The first-order valence-electron chi connectivity index (χ1n) is 8.75. The number of rotatable bonds is 1. The third kappa shape index (κ3) is 2.11. The normalized spacial score (nSPS) is 36.5. The zero-order valence-electron chi connectivity index (χ0n) is 14.2. The van der Waals surface area contributed by atoms with E-state index in [9.17, 15) is 0 Å². The summed E-state index contributed by atoms with van der Waals surface area (Å²) in [6.07, 6.45) is 12.2. The van der Waals surface area contributed by atoms with Gasteiger partial charge in [-0.25, -0.2) is 0 Å². The third-order valence-electron chi connectivity index (χ3n) is 6.81. The van der Waals surface area contributed by atoms with Crippen LogP contribution in [0, 0.1) is 22.7 Å². The molecule has 0 aromatic carbocycles. The van der Waals surface area contributed by atoms with E-state index in [1.165, 1.54) is 44.9 Å². The molecule has 0 unspecified atom stereocenters. The molecule has 0 aliphatic heterocycles. The fourth-order valence-electron chi connectivity index (χ4n) is 5.63. The fourth-order valence-corrected chi connectivity index (χ4v) is 5.63. The van der Waals surface area contributed by atoms with Gasteiger partial charge in [-0.15, -0.1) is 0 Å². The Labute approximate surface area is 125 Å². The molecule has 1 fully saturated rings. The van der Waals surface area contributed by atoms with E-state index in [1.54, 1.807) is 5.57 Å². The van der Waals surface area contributed by atoms with Crippen molar-refractivity contribution in [3.8, 4) is 0 Å². The second kappa shape index (κ2) is 4.75. The quantitative estimate of drug-likeness (QED) is 0.492. The number of allylic oxidation sites excluding steroid dienone is 4. The molecule has 112 valence electrons. The molecule has 3 rings (SSSR count). The van der Waals surface area contributed by atoms with Crippen LogP contribution >= 0.6 is 0 Å². The molecule has 0 amide bonds. The van der Waals surface area contributed by atoms with Crippen molar-refractivity contribution in [2.45, 2.75) is 79.6 Å². The van der Waals surface area contributed by atoms with E-state index >= 15 is 0 Å². The van der Waals surface area contributed by atoms with Crippen molar-refractivity contribution in [1.29, 1.82) is 0 Å². The molecule has 0 spiro atoms. The van der Waals surface area contributed by atoms with Crippen molar-refractivity contribution < 1.29 is 0 Å². The summed E-state index contributed by atoms with van der Waals surface area (Å²) in [6, 6.07) is 0. The average molecular weight is 272 g/mol. The second-order valence-electron chi connectivity index (χ2n) is 8.75. The van der Waals surface area contributed by atoms with Gasteiger partial charge in [0.15, 0.2) is 0 Å². The molecule has 2 atom stereocenters. The van der Waals surface area contributed by atoms with E-state index in [0.29, 0.717) is 10.8 Å². The van der Waals surface area contributed by atoms with Gasteiger partial charge in [0.05, 0.1) is 0 Å². The van der Waals surface area contributed by atoms with Gasteiger partial charge in [-0.1, -0.05) is 63.8 Å². The van der Waals surface area contributed by atoms with E-state index < -0.39 is 0 Å². The Morgan fingerprint density at radius 2 is 1.90 bits per heavy atom. The Morgan fingerprint density at radius 3 is 2.60 bits per heavy atom. The summed E-state index contributed by atoms with van der Waals surface area (Å²) in [6.45, 7) is 12.4. The van der Waals surface area contributed by atoms with Crippen molar-refractivity contribution in [2.24, 2.45) is 22.7 Å². The molecule has 0 heterocycles. The van der Waals surface area contributed by atoms with Gasteiger partial charge in [0.1, 0.15) is 0 Å². The van der Waals surface area contributed by atoms with Gasteiger partial charge in [-0.05, 0) is 61.2 Å². The van der Waals surface area contributed by atoms with Gasteiger partial charge in [0.2, 0.25) is 0 Å². The van der Waals surface area contributed by atoms with E-state index in [-0.39, 0.29) is 0 Å². The zero-order valence-corrected chi connectivity index (χ0v) is 14.2. The zero-order chi connectivity index (χ0) is 14.5. The smallest absolute Gasteiger partial charge is 0.00770 e. The topological polar surface area (TPSA) is 0 Å². The largest absolute Gasteiger partial charge is 0.0807 e. The molecule has 0 radical (unpaired) electrons. The van der Waals surface area contributed by atoms with Crippen LogP contribution in [0.4, 0.5) is 0 Å².